The molecule has 7 nitrogen and oxygen atoms in total. The Morgan fingerprint density at radius 2 is 2.00 bits per heavy atom. The topological polar surface area (TPSA) is 75.8 Å². The lowest BCUT2D eigenvalue weighted by atomic mass is 10.2. The number of methoxy groups -OCH3 is 1. The molecule has 0 bridgehead atoms. The molecule has 0 spiro atoms. The SMILES string of the molecule is CN=C(NCc1ccc(OC)c(F)c1)NCc1nnc2ccccn12.I. The molecule has 0 saturated heterocycles. The first kappa shape index (κ1) is 19.9. The number of nitrogens with one attached hydrogen (secondary N) is 2. The molecule has 0 atom stereocenters. The minimum Gasteiger partial charge on any atom is -0.494 e. The van der Waals surface area contributed by atoms with E-state index in [1.54, 1.807) is 19.2 Å². The smallest absolute Gasteiger partial charge is 0.191 e. The molecule has 3 aromatic rings. The zero-order valence-electron chi connectivity index (χ0n) is 14.4. The number of hydrogen-bond donors (Lipinski definition) is 2. The van der Waals surface area contributed by atoms with Gasteiger partial charge in [-0.15, -0.1) is 34.2 Å². The van der Waals surface area contributed by atoms with Crippen molar-refractivity contribution in [3.63, 3.8) is 0 Å². The van der Waals surface area contributed by atoms with Crippen LogP contribution in [0.3, 0.4) is 0 Å². The third-order valence-electron chi connectivity index (χ3n) is 3.70. The highest BCUT2D eigenvalue weighted by molar-refractivity contribution is 14.0. The van der Waals surface area contributed by atoms with E-state index in [0.717, 1.165) is 17.0 Å². The van der Waals surface area contributed by atoms with Crippen molar-refractivity contribution in [1.29, 1.82) is 0 Å². The van der Waals surface area contributed by atoms with Gasteiger partial charge in [0, 0.05) is 19.8 Å². The molecular formula is C17H20FIN6O. The summed E-state index contributed by atoms with van der Waals surface area (Å²) in [5.41, 5.74) is 1.57. The number of guanidine groups is 1. The van der Waals surface area contributed by atoms with Crippen molar-refractivity contribution in [2.24, 2.45) is 4.99 Å². The summed E-state index contributed by atoms with van der Waals surface area (Å²) in [6.07, 6.45) is 1.91. The van der Waals surface area contributed by atoms with Crippen molar-refractivity contribution in [3.05, 3.63) is 59.8 Å². The van der Waals surface area contributed by atoms with Crippen LogP contribution in [0.5, 0.6) is 5.75 Å². The summed E-state index contributed by atoms with van der Waals surface area (Å²) in [6, 6.07) is 10.6. The summed E-state index contributed by atoms with van der Waals surface area (Å²) in [7, 11) is 3.11. The van der Waals surface area contributed by atoms with E-state index < -0.39 is 0 Å². The highest BCUT2D eigenvalue weighted by atomic mass is 127. The summed E-state index contributed by atoms with van der Waals surface area (Å²) in [4.78, 5) is 4.16. The number of hydrogen-bond acceptors (Lipinski definition) is 4. The van der Waals surface area contributed by atoms with Gasteiger partial charge >= 0.3 is 0 Å². The van der Waals surface area contributed by atoms with E-state index in [1.807, 2.05) is 28.8 Å². The van der Waals surface area contributed by atoms with Gasteiger partial charge in [0.05, 0.1) is 13.7 Å². The molecule has 0 fully saturated rings. The van der Waals surface area contributed by atoms with Crippen LogP contribution < -0.4 is 15.4 Å². The normalized spacial score (nSPS) is 11.1. The van der Waals surface area contributed by atoms with Gasteiger partial charge in [0.15, 0.2) is 29.0 Å². The Bertz CT molecular complexity index is 898. The first-order valence-electron chi connectivity index (χ1n) is 7.77. The molecule has 0 aliphatic rings. The number of aromatic nitrogens is 3. The van der Waals surface area contributed by atoms with Crippen LogP contribution in [0.4, 0.5) is 4.39 Å². The van der Waals surface area contributed by atoms with Gasteiger partial charge < -0.3 is 15.4 Å². The van der Waals surface area contributed by atoms with Crippen LogP contribution in [0.15, 0.2) is 47.6 Å². The quantitative estimate of drug-likeness (QED) is 0.340. The summed E-state index contributed by atoms with van der Waals surface area (Å²) in [5, 5.41) is 14.6. The number of fused-ring (bicyclic) bond motifs is 1. The zero-order valence-corrected chi connectivity index (χ0v) is 16.8. The largest absolute Gasteiger partial charge is 0.494 e. The van der Waals surface area contributed by atoms with Crippen LogP contribution in [0.1, 0.15) is 11.4 Å². The molecule has 2 heterocycles. The van der Waals surface area contributed by atoms with Gasteiger partial charge in [0.1, 0.15) is 0 Å². The second kappa shape index (κ2) is 9.32. The summed E-state index contributed by atoms with van der Waals surface area (Å²) >= 11 is 0. The molecule has 2 aromatic heterocycles. The Morgan fingerprint density at radius 1 is 1.19 bits per heavy atom. The third-order valence-corrected chi connectivity index (χ3v) is 3.70. The fourth-order valence-corrected chi connectivity index (χ4v) is 2.40. The standard InChI is InChI=1S/C17H19FN6O.HI/c1-19-17(20-10-12-6-7-14(25-2)13(18)9-12)21-11-16-23-22-15-5-3-4-8-24(15)16;/h3-9H,10-11H2,1-2H3,(H2,19,20,21);1H. The Kier molecular flexibility index (Phi) is 7.13. The van der Waals surface area contributed by atoms with E-state index in [1.165, 1.54) is 13.2 Å². The number of pyridine rings is 1. The van der Waals surface area contributed by atoms with Crippen molar-refractivity contribution >= 4 is 35.6 Å². The van der Waals surface area contributed by atoms with E-state index in [2.05, 4.69) is 25.8 Å². The lowest BCUT2D eigenvalue weighted by Crippen LogP contribution is -2.36. The average molecular weight is 470 g/mol. The molecule has 0 radical (unpaired) electrons. The van der Waals surface area contributed by atoms with E-state index in [0.29, 0.717) is 19.0 Å². The van der Waals surface area contributed by atoms with Crippen LogP contribution in [0, 0.1) is 5.82 Å². The van der Waals surface area contributed by atoms with Gasteiger partial charge in [0.2, 0.25) is 0 Å². The highest BCUT2D eigenvalue weighted by Gasteiger charge is 2.07. The van der Waals surface area contributed by atoms with Crippen molar-refractivity contribution < 1.29 is 9.13 Å². The number of benzene rings is 1. The minimum absolute atomic E-state index is 0. The number of aliphatic imine (C=N–C) groups is 1. The van der Waals surface area contributed by atoms with Crippen LogP contribution in [-0.4, -0.2) is 34.7 Å². The van der Waals surface area contributed by atoms with Gasteiger partial charge in [-0.2, -0.15) is 0 Å². The van der Waals surface area contributed by atoms with Crippen LogP contribution in [-0.2, 0) is 13.1 Å². The summed E-state index contributed by atoms with van der Waals surface area (Å²) < 4.78 is 20.5. The van der Waals surface area contributed by atoms with E-state index in [-0.39, 0.29) is 35.5 Å². The first-order chi connectivity index (χ1) is 12.2. The van der Waals surface area contributed by atoms with E-state index in [9.17, 15) is 4.39 Å². The molecule has 0 saturated carbocycles. The minimum atomic E-state index is -0.389. The zero-order chi connectivity index (χ0) is 17.6. The first-order valence-corrected chi connectivity index (χ1v) is 7.77. The number of rotatable bonds is 5. The summed E-state index contributed by atoms with van der Waals surface area (Å²) in [5.74, 6) is 1.20. The predicted molar refractivity (Wildman–Crippen MR) is 108 cm³/mol. The molecular weight excluding hydrogens is 450 g/mol. The Morgan fingerprint density at radius 3 is 2.73 bits per heavy atom. The Labute approximate surface area is 167 Å². The lowest BCUT2D eigenvalue weighted by Gasteiger charge is -2.12. The Balaban J connectivity index is 0.00000243. The maximum Gasteiger partial charge on any atom is 0.191 e. The predicted octanol–water partition coefficient (Wildman–Crippen LogP) is 2.36. The fourth-order valence-electron chi connectivity index (χ4n) is 2.40. The van der Waals surface area contributed by atoms with E-state index >= 15 is 0 Å². The summed E-state index contributed by atoms with van der Waals surface area (Å²) in [6.45, 7) is 0.892. The monoisotopic (exact) mass is 470 g/mol. The van der Waals surface area contributed by atoms with Crippen LogP contribution in [0.2, 0.25) is 0 Å². The molecule has 0 aliphatic carbocycles. The molecule has 3 rings (SSSR count). The molecule has 138 valence electrons. The van der Waals surface area contributed by atoms with Gasteiger partial charge in [-0.25, -0.2) is 4.39 Å². The molecule has 1 aromatic carbocycles. The molecule has 2 N–H and O–H groups in total. The van der Waals surface area contributed by atoms with Gasteiger partial charge in [-0.05, 0) is 29.8 Å². The molecule has 9 heteroatoms. The maximum absolute atomic E-state index is 13.7. The van der Waals surface area contributed by atoms with E-state index in [4.69, 9.17) is 4.74 Å². The van der Waals surface area contributed by atoms with Crippen molar-refractivity contribution in [2.45, 2.75) is 13.1 Å². The highest BCUT2D eigenvalue weighted by Crippen LogP contribution is 2.17. The van der Waals surface area contributed by atoms with Crippen molar-refractivity contribution in [3.8, 4) is 5.75 Å². The van der Waals surface area contributed by atoms with Crippen LogP contribution in [0.25, 0.3) is 5.65 Å². The average Bonchev–Trinajstić information content (AvgIpc) is 3.05. The number of ether oxygens (including phenoxy) is 1. The number of halogens is 2. The number of nitrogens with zero attached hydrogens (tertiary/aromatic N) is 4. The van der Waals surface area contributed by atoms with Gasteiger partial charge in [-0.3, -0.25) is 9.39 Å². The second-order valence-corrected chi connectivity index (χ2v) is 5.29. The second-order valence-electron chi connectivity index (χ2n) is 5.29. The Hall–Kier alpha value is -2.43. The van der Waals surface area contributed by atoms with Gasteiger partial charge in [-0.1, -0.05) is 12.1 Å². The molecule has 26 heavy (non-hydrogen) atoms. The third kappa shape index (κ3) is 4.59. The lowest BCUT2D eigenvalue weighted by molar-refractivity contribution is 0.386. The maximum atomic E-state index is 13.7. The molecule has 0 amide bonds. The van der Waals surface area contributed by atoms with Crippen LogP contribution >= 0.6 is 24.0 Å². The molecule has 0 unspecified atom stereocenters. The van der Waals surface area contributed by atoms with Crippen molar-refractivity contribution in [1.82, 2.24) is 25.2 Å². The molecule has 0 aliphatic heterocycles. The van der Waals surface area contributed by atoms with Gasteiger partial charge in [0.25, 0.3) is 0 Å². The van der Waals surface area contributed by atoms with Crippen molar-refractivity contribution in [2.75, 3.05) is 14.2 Å². The fraction of sp³-hybridized carbons (Fsp3) is 0.235.